The van der Waals surface area contributed by atoms with Gasteiger partial charge in [0.05, 0.1) is 29.9 Å². The van der Waals surface area contributed by atoms with Crippen LogP contribution in [0.2, 0.25) is 0 Å². The summed E-state index contributed by atoms with van der Waals surface area (Å²) in [4.78, 5) is 11.4. The molecule has 3 rings (SSSR count). The van der Waals surface area contributed by atoms with E-state index in [9.17, 15) is 9.90 Å². The number of nitrogen functional groups attached to an aromatic ring is 1. The minimum atomic E-state index is -0.275. The number of aliphatic hydroxyl groups is 1. The number of carbonyl (C=O) groups excluding carboxylic acids is 1. The third-order valence-corrected chi connectivity index (χ3v) is 4.41. The van der Waals surface area contributed by atoms with E-state index in [1.165, 1.54) is 6.42 Å². The molecule has 1 aromatic rings. The quantitative estimate of drug-likeness (QED) is 0.634. The van der Waals surface area contributed by atoms with Crippen molar-refractivity contribution in [2.75, 3.05) is 23.0 Å². The van der Waals surface area contributed by atoms with Gasteiger partial charge in [0.15, 0.2) is 0 Å². The normalized spacial score (nSPS) is 20.4. The van der Waals surface area contributed by atoms with Crippen LogP contribution in [-0.4, -0.2) is 23.2 Å². The van der Waals surface area contributed by atoms with Crippen molar-refractivity contribution >= 4 is 23.0 Å². The zero-order valence-corrected chi connectivity index (χ0v) is 11.5. The van der Waals surface area contributed by atoms with E-state index in [0.717, 1.165) is 42.6 Å². The molecule has 0 unspecified atom stereocenters. The van der Waals surface area contributed by atoms with Gasteiger partial charge in [-0.3, -0.25) is 4.79 Å². The smallest absolute Gasteiger partial charge is 0.228 e. The molecule has 0 radical (unpaired) electrons. The molecular formula is C15H21N3O2. The average Bonchev–Trinajstić information content (AvgIpc) is 2.79. The molecule has 5 heteroatoms. The second-order valence-electron chi connectivity index (χ2n) is 5.95. The molecule has 0 aromatic heterocycles. The molecule has 1 amide bonds. The fourth-order valence-electron chi connectivity index (χ4n) is 3.24. The summed E-state index contributed by atoms with van der Waals surface area (Å²) in [6, 6.07) is 3.74. The Hall–Kier alpha value is -1.75. The first-order valence-electron chi connectivity index (χ1n) is 7.23. The molecule has 0 bridgehead atoms. The topological polar surface area (TPSA) is 87.4 Å². The molecule has 0 atom stereocenters. The van der Waals surface area contributed by atoms with E-state index in [1.54, 1.807) is 0 Å². The lowest BCUT2D eigenvalue weighted by Gasteiger charge is -2.37. The highest BCUT2D eigenvalue weighted by Gasteiger charge is 2.32. The van der Waals surface area contributed by atoms with Crippen LogP contribution >= 0.6 is 0 Å². The van der Waals surface area contributed by atoms with E-state index in [0.29, 0.717) is 12.1 Å². The molecular weight excluding hydrogens is 254 g/mol. The van der Waals surface area contributed by atoms with Crippen LogP contribution in [0, 0.1) is 0 Å². The molecule has 0 saturated heterocycles. The molecule has 20 heavy (non-hydrogen) atoms. The Balaban J connectivity index is 1.87. The highest BCUT2D eigenvalue weighted by atomic mass is 16.3. The predicted octanol–water partition coefficient (Wildman–Crippen LogP) is 1.87. The summed E-state index contributed by atoms with van der Waals surface area (Å²) in [6.45, 7) is 0.107. The molecule has 5 nitrogen and oxygen atoms in total. The molecule has 0 spiro atoms. The molecule has 1 fully saturated rings. The lowest BCUT2D eigenvalue weighted by molar-refractivity contribution is -0.115. The summed E-state index contributed by atoms with van der Waals surface area (Å²) in [5.74, 6) is 0.00564. The van der Waals surface area contributed by atoms with Crippen LogP contribution in [0.1, 0.15) is 37.7 Å². The molecule has 1 aliphatic heterocycles. The largest absolute Gasteiger partial charge is 0.397 e. The summed E-state index contributed by atoms with van der Waals surface area (Å²) in [5.41, 5.74) is 9.03. The van der Waals surface area contributed by atoms with E-state index >= 15 is 0 Å². The van der Waals surface area contributed by atoms with Crippen molar-refractivity contribution in [3.05, 3.63) is 17.7 Å². The van der Waals surface area contributed by atoms with Gasteiger partial charge in [0.2, 0.25) is 5.91 Å². The number of hydrogen-bond acceptors (Lipinski definition) is 4. The molecule has 1 aromatic carbocycles. The summed E-state index contributed by atoms with van der Waals surface area (Å²) in [5, 5.41) is 16.0. The maximum atomic E-state index is 11.4. The van der Waals surface area contributed by atoms with Gasteiger partial charge in [-0.05, 0) is 30.5 Å². The Kier molecular flexibility index (Phi) is 3.30. The van der Waals surface area contributed by atoms with Crippen LogP contribution in [0.4, 0.5) is 17.1 Å². The third kappa shape index (κ3) is 2.33. The van der Waals surface area contributed by atoms with Crippen molar-refractivity contribution < 1.29 is 9.90 Å². The summed E-state index contributed by atoms with van der Waals surface area (Å²) < 4.78 is 0. The van der Waals surface area contributed by atoms with Gasteiger partial charge in [-0.1, -0.05) is 19.3 Å². The molecule has 108 valence electrons. The van der Waals surface area contributed by atoms with Crippen molar-refractivity contribution in [1.82, 2.24) is 0 Å². The standard InChI is InChI=1S/C15H21N3O2/c16-11-6-10-7-14(20)17-12(10)8-13(11)18-15(9-19)4-2-1-3-5-15/h6,8,18-19H,1-5,7,9,16H2,(H,17,20). The zero-order chi connectivity index (χ0) is 14.2. The van der Waals surface area contributed by atoms with Crippen molar-refractivity contribution in [3.63, 3.8) is 0 Å². The fraction of sp³-hybridized carbons (Fsp3) is 0.533. The number of rotatable bonds is 3. The summed E-state index contributed by atoms with van der Waals surface area (Å²) >= 11 is 0. The van der Waals surface area contributed by atoms with Crippen molar-refractivity contribution in [3.8, 4) is 0 Å². The maximum absolute atomic E-state index is 11.4. The number of hydrogen-bond donors (Lipinski definition) is 4. The van der Waals surface area contributed by atoms with Crippen LogP contribution in [0.15, 0.2) is 12.1 Å². The monoisotopic (exact) mass is 275 g/mol. The van der Waals surface area contributed by atoms with E-state index in [-0.39, 0.29) is 18.1 Å². The lowest BCUT2D eigenvalue weighted by Crippen LogP contribution is -2.44. The minimum absolute atomic E-state index is 0.00564. The number of nitrogens with two attached hydrogens (primary N) is 1. The number of benzene rings is 1. The van der Waals surface area contributed by atoms with Gasteiger partial charge in [0.1, 0.15) is 0 Å². The Morgan fingerprint density at radius 2 is 2.05 bits per heavy atom. The Morgan fingerprint density at radius 1 is 1.30 bits per heavy atom. The van der Waals surface area contributed by atoms with Crippen molar-refractivity contribution in [2.45, 2.75) is 44.1 Å². The van der Waals surface area contributed by atoms with Gasteiger partial charge in [-0.25, -0.2) is 0 Å². The van der Waals surface area contributed by atoms with Gasteiger partial charge in [0.25, 0.3) is 0 Å². The number of aliphatic hydroxyl groups excluding tert-OH is 1. The van der Waals surface area contributed by atoms with Crippen LogP contribution in [-0.2, 0) is 11.2 Å². The number of nitrogens with one attached hydrogen (secondary N) is 2. The van der Waals surface area contributed by atoms with Crippen LogP contribution in [0.25, 0.3) is 0 Å². The second kappa shape index (κ2) is 4.98. The van der Waals surface area contributed by atoms with Crippen LogP contribution in [0.3, 0.4) is 0 Å². The van der Waals surface area contributed by atoms with Gasteiger partial charge < -0.3 is 21.5 Å². The maximum Gasteiger partial charge on any atom is 0.228 e. The molecule has 1 heterocycles. The predicted molar refractivity (Wildman–Crippen MR) is 79.7 cm³/mol. The zero-order valence-electron chi connectivity index (χ0n) is 11.5. The first-order valence-corrected chi connectivity index (χ1v) is 7.23. The fourth-order valence-corrected chi connectivity index (χ4v) is 3.24. The van der Waals surface area contributed by atoms with Gasteiger partial charge in [-0.2, -0.15) is 0 Å². The Bertz CT molecular complexity index is 536. The average molecular weight is 275 g/mol. The van der Waals surface area contributed by atoms with E-state index < -0.39 is 0 Å². The third-order valence-electron chi connectivity index (χ3n) is 4.41. The van der Waals surface area contributed by atoms with Crippen molar-refractivity contribution in [1.29, 1.82) is 0 Å². The number of amides is 1. The number of fused-ring (bicyclic) bond motifs is 1. The van der Waals surface area contributed by atoms with Gasteiger partial charge in [0, 0.05) is 5.69 Å². The second-order valence-corrected chi connectivity index (χ2v) is 5.95. The van der Waals surface area contributed by atoms with E-state index in [2.05, 4.69) is 10.6 Å². The number of anilines is 3. The van der Waals surface area contributed by atoms with E-state index in [4.69, 9.17) is 5.73 Å². The molecule has 5 N–H and O–H groups in total. The summed E-state index contributed by atoms with van der Waals surface area (Å²) in [6.07, 6.45) is 5.76. The Morgan fingerprint density at radius 3 is 2.75 bits per heavy atom. The first kappa shape index (κ1) is 13.2. The number of carbonyl (C=O) groups is 1. The molecule has 1 aliphatic carbocycles. The van der Waals surface area contributed by atoms with Crippen LogP contribution < -0.4 is 16.4 Å². The SMILES string of the molecule is Nc1cc2c(cc1NC1(CO)CCCCC1)NC(=O)C2. The van der Waals surface area contributed by atoms with Crippen molar-refractivity contribution in [2.24, 2.45) is 0 Å². The minimum Gasteiger partial charge on any atom is -0.397 e. The lowest BCUT2D eigenvalue weighted by atomic mass is 9.82. The molecule has 1 saturated carbocycles. The highest BCUT2D eigenvalue weighted by Crippen LogP contribution is 2.36. The van der Waals surface area contributed by atoms with E-state index in [1.807, 2.05) is 12.1 Å². The molecule has 2 aliphatic rings. The van der Waals surface area contributed by atoms with Gasteiger partial charge in [-0.15, -0.1) is 0 Å². The van der Waals surface area contributed by atoms with Gasteiger partial charge >= 0.3 is 0 Å². The Labute approximate surface area is 118 Å². The first-order chi connectivity index (χ1) is 9.62. The highest BCUT2D eigenvalue weighted by molar-refractivity contribution is 6.00. The summed E-state index contributed by atoms with van der Waals surface area (Å²) in [7, 11) is 0. The van der Waals surface area contributed by atoms with Crippen LogP contribution in [0.5, 0.6) is 0 Å².